The zero-order chi connectivity index (χ0) is 10.3. The normalized spacial score (nSPS) is 11.9. The molecule has 0 fully saturated rings. The van der Waals surface area contributed by atoms with E-state index in [1.165, 1.54) is 6.92 Å². The molecule has 0 bridgehead atoms. The standard InChI is InChI=1S/C8H17N3O2/c1-4-10-7(8(13)9-3)5-11-6(2)12/h7,10H,4-5H2,1-3H3,(H,9,13)(H,11,12). The number of likely N-dealkylation sites (N-methyl/N-ethyl adjacent to an activating group) is 2. The predicted octanol–water partition coefficient (Wildman–Crippen LogP) is -1.15. The molecule has 76 valence electrons. The van der Waals surface area contributed by atoms with Crippen molar-refractivity contribution < 1.29 is 9.59 Å². The fourth-order valence-corrected chi connectivity index (χ4v) is 0.924. The molecule has 0 saturated carbocycles. The molecule has 0 rings (SSSR count). The van der Waals surface area contributed by atoms with Crippen LogP contribution in [0.2, 0.25) is 0 Å². The molecule has 3 N–H and O–H groups in total. The second-order valence-electron chi connectivity index (χ2n) is 2.66. The van der Waals surface area contributed by atoms with Gasteiger partial charge < -0.3 is 16.0 Å². The van der Waals surface area contributed by atoms with Crippen molar-refractivity contribution in [3.8, 4) is 0 Å². The molecule has 0 aromatic carbocycles. The summed E-state index contributed by atoms with van der Waals surface area (Å²) in [6.07, 6.45) is 0. The van der Waals surface area contributed by atoms with Gasteiger partial charge in [-0.15, -0.1) is 0 Å². The predicted molar refractivity (Wildman–Crippen MR) is 50.2 cm³/mol. The zero-order valence-electron chi connectivity index (χ0n) is 8.31. The van der Waals surface area contributed by atoms with Gasteiger partial charge in [-0.2, -0.15) is 0 Å². The second-order valence-corrected chi connectivity index (χ2v) is 2.66. The Hall–Kier alpha value is -1.10. The SMILES string of the molecule is CCNC(CNC(C)=O)C(=O)NC. The first-order valence-electron chi connectivity index (χ1n) is 4.31. The van der Waals surface area contributed by atoms with E-state index in [1.54, 1.807) is 7.05 Å². The number of amides is 2. The van der Waals surface area contributed by atoms with Crippen molar-refractivity contribution in [3.05, 3.63) is 0 Å². The first-order chi connectivity index (χ1) is 6.11. The third-order valence-electron chi connectivity index (χ3n) is 1.57. The van der Waals surface area contributed by atoms with E-state index < -0.39 is 0 Å². The Morgan fingerprint density at radius 1 is 1.38 bits per heavy atom. The fraction of sp³-hybridized carbons (Fsp3) is 0.750. The molecule has 0 aliphatic carbocycles. The van der Waals surface area contributed by atoms with Gasteiger partial charge in [-0.3, -0.25) is 9.59 Å². The first kappa shape index (κ1) is 11.9. The van der Waals surface area contributed by atoms with Crippen LogP contribution in [0.15, 0.2) is 0 Å². The van der Waals surface area contributed by atoms with Gasteiger partial charge in [-0.05, 0) is 6.54 Å². The van der Waals surface area contributed by atoms with Gasteiger partial charge in [-0.25, -0.2) is 0 Å². The zero-order valence-corrected chi connectivity index (χ0v) is 8.31. The van der Waals surface area contributed by atoms with Crippen molar-refractivity contribution in [2.45, 2.75) is 19.9 Å². The van der Waals surface area contributed by atoms with Crippen molar-refractivity contribution >= 4 is 11.8 Å². The Bertz CT molecular complexity index is 182. The molecule has 0 aromatic heterocycles. The van der Waals surface area contributed by atoms with Crippen LogP contribution in [-0.2, 0) is 9.59 Å². The first-order valence-corrected chi connectivity index (χ1v) is 4.31. The highest BCUT2D eigenvalue weighted by Gasteiger charge is 2.15. The minimum atomic E-state index is -0.348. The molecular formula is C8H17N3O2. The van der Waals surface area contributed by atoms with E-state index in [0.717, 1.165) is 0 Å². The van der Waals surface area contributed by atoms with Crippen molar-refractivity contribution in [3.63, 3.8) is 0 Å². The van der Waals surface area contributed by atoms with Gasteiger partial charge in [0.15, 0.2) is 0 Å². The fourth-order valence-electron chi connectivity index (χ4n) is 0.924. The van der Waals surface area contributed by atoms with Gasteiger partial charge in [0.2, 0.25) is 11.8 Å². The Balaban J connectivity index is 3.93. The number of rotatable bonds is 5. The summed E-state index contributed by atoms with van der Waals surface area (Å²) in [5.41, 5.74) is 0. The molecule has 0 spiro atoms. The lowest BCUT2D eigenvalue weighted by molar-refractivity contribution is -0.123. The molecule has 0 aliphatic rings. The third kappa shape index (κ3) is 5.19. The molecular weight excluding hydrogens is 170 g/mol. The highest BCUT2D eigenvalue weighted by atomic mass is 16.2. The van der Waals surface area contributed by atoms with Crippen molar-refractivity contribution in [1.82, 2.24) is 16.0 Å². The van der Waals surface area contributed by atoms with E-state index in [1.807, 2.05) is 6.92 Å². The van der Waals surface area contributed by atoms with Crippen LogP contribution < -0.4 is 16.0 Å². The number of nitrogens with one attached hydrogen (secondary N) is 3. The summed E-state index contributed by atoms with van der Waals surface area (Å²) >= 11 is 0. The third-order valence-corrected chi connectivity index (χ3v) is 1.57. The van der Waals surface area contributed by atoms with Crippen molar-refractivity contribution in [2.24, 2.45) is 0 Å². The van der Waals surface area contributed by atoms with Crippen LogP contribution in [0, 0.1) is 0 Å². The van der Waals surface area contributed by atoms with Crippen molar-refractivity contribution in [1.29, 1.82) is 0 Å². The summed E-state index contributed by atoms with van der Waals surface area (Å²) < 4.78 is 0. The Morgan fingerprint density at radius 3 is 2.38 bits per heavy atom. The Morgan fingerprint density at radius 2 is 2.00 bits per heavy atom. The van der Waals surface area contributed by atoms with Crippen LogP contribution in [0.25, 0.3) is 0 Å². The molecule has 5 nitrogen and oxygen atoms in total. The lowest BCUT2D eigenvalue weighted by Gasteiger charge is -2.15. The van der Waals surface area contributed by atoms with E-state index in [-0.39, 0.29) is 17.9 Å². The molecule has 0 aromatic rings. The van der Waals surface area contributed by atoms with Crippen molar-refractivity contribution in [2.75, 3.05) is 20.1 Å². The summed E-state index contributed by atoms with van der Waals surface area (Å²) in [7, 11) is 1.57. The van der Waals surface area contributed by atoms with Gasteiger partial charge >= 0.3 is 0 Å². The lowest BCUT2D eigenvalue weighted by Crippen LogP contribution is -2.49. The van der Waals surface area contributed by atoms with Crippen LogP contribution in [0.3, 0.4) is 0 Å². The molecule has 0 aliphatic heterocycles. The quantitative estimate of drug-likeness (QED) is 0.509. The summed E-state index contributed by atoms with van der Waals surface area (Å²) in [5, 5.41) is 8.07. The summed E-state index contributed by atoms with van der Waals surface area (Å²) in [5.74, 6) is -0.248. The van der Waals surface area contributed by atoms with Crippen LogP contribution in [0.4, 0.5) is 0 Å². The van der Waals surface area contributed by atoms with Gasteiger partial charge in [0.25, 0.3) is 0 Å². The van der Waals surface area contributed by atoms with Gasteiger partial charge in [0.1, 0.15) is 6.04 Å². The van der Waals surface area contributed by atoms with Crippen LogP contribution in [0.1, 0.15) is 13.8 Å². The average molecular weight is 187 g/mol. The number of carbonyl (C=O) groups is 2. The van der Waals surface area contributed by atoms with E-state index in [4.69, 9.17) is 0 Å². The summed E-state index contributed by atoms with van der Waals surface area (Å²) in [4.78, 5) is 21.8. The molecule has 0 heterocycles. The Labute approximate surface area is 78.3 Å². The molecule has 0 saturated heterocycles. The van der Waals surface area contributed by atoms with Gasteiger partial charge in [0.05, 0.1) is 0 Å². The van der Waals surface area contributed by atoms with Crippen LogP contribution >= 0.6 is 0 Å². The number of hydrogen-bond donors (Lipinski definition) is 3. The monoisotopic (exact) mass is 187 g/mol. The van der Waals surface area contributed by atoms with Gasteiger partial charge in [0, 0.05) is 20.5 Å². The highest BCUT2D eigenvalue weighted by molar-refractivity contribution is 5.82. The molecule has 1 unspecified atom stereocenters. The summed E-state index contributed by atoms with van der Waals surface area (Å²) in [6.45, 7) is 4.34. The minimum Gasteiger partial charge on any atom is -0.358 e. The molecule has 1 atom stereocenters. The Kier molecular flexibility index (Phi) is 5.88. The van der Waals surface area contributed by atoms with E-state index in [9.17, 15) is 9.59 Å². The largest absolute Gasteiger partial charge is 0.358 e. The second kappa shape index (κ2) is 6.42. The molecule has 5 heteroatoms. The smallest absolute Gasteiger partial charge is 0.238 e. The maximum atomic E-state index is 11.2. The minimum absolute atomic E-state index is 0.115. The number of hydrogen-bond acceptors (Lipinski definition) is 3. The van der Waals surface area contributed by atoms with Crippen LogP contribution in [0.5, 0.6) is 0 Å². The maximum absolute atomic E-state index is 11.2. The van der Waals surface area contributed by atoms with Crippen LogP contribution in [-0.4, -0.2) is 38.0 Å². The lowest BCUT2D eigenvalue weighted by atomic mass is 10.2. The van der Waals surface area contributed by atoms with Gasteiger partial charge in [-0.1, -0.05) is 6.92 Å². The van der Waals surface area contributed by atoms with E-state index in [0.29, 0.717) is 13.1 Å². The number of carbonyl (C=O) groups excluding carboxylic acids is 2. The molecule has 13 heavy (non-hydrogen) atoms. The molecule has 2 amide bonds. The highest BCUT2D eigenvalue weighted by Crippen LogP contribution is 1.81. The topological polar surface area (TPSA) is 70.2 Å². The summed E-state index contributed by atoms with van der Waals surface area (Å²) in [6, 6.07) is -0.348. The van der Waals surface area contributed by atoms with E-state index in [2.05, 4.69) is 16.0 Å². The van der Waals surface area contributed by atoms with E-state index >= 15 is 0 Å². The molecule has 0 radical (unpaired) electrons. The maximum Gasteiger partial charge on any atom is 0.238 e. The average Bonchev–Trinajstić information content (AvgIpc) is 2.10.